The van der Waals surface area contributed by atoms with Gasteiger partial charge < -0.3 is 9.84 Å². The number of benzene rings is 4. The molecule has 4 atom stereocenters. The summed E-state index contributed by atoms with van der Waals surface area (Å²) in [7, 11) is 0. The van der Waals surface area contributed by atoms with Crippen LogP contribution in [0.15, 0.2) is 109 Å². The van der Waals surface area contributed by atoms with Crippen molar-refractivity contribution in [2.75, 3.05) is 0 Å². The van der Waals surface area contributed by atoms with Crippen molar-refractivity contribution in [2.24, 2.45) is 5.92 Å². The maximum atomic E-state index is 12.9. The summed E-state index contributed by atoms with van der Waals surface area (Å²) in [6.45, 7) is 0. The third kappa shape index (κ3) is 4.05. The minimum Gasteiger partial charge on any atom is -0.478 e. The van der Waals surface area contributed by atoms with E-state index in [1.54, 1.807) is 24.3 Å². The van der Waals surface area contributed by atoms with Crippen LogP contribution in [0.2, 0.25) is 0 Å². The van der Waals surface area contributed by atoms with Crippen LogP contribution in [0.5, 0.6) is 5.75 Å². The number of carbonyl (C=O) groups excluding carboxylic acids is 1. The quantitative estimate of drug-likeness (QED) is 0.206. The van der Waals surface area contributed by atoms with Gasteiger partial charge in [0.1, 0.15) is 5.75 Å². The van der Waals surface area contributed by atoms with Gasteiger partial charge in [0.2, 0.25) is 0 Å². The largest absolute Gasteiger partial charge is 0.478 e. The molecule has 8 rings (SSSR count). The molecule has 0 amide bonds. The van der Waals surface area contributed by atoms with Crippen molar-refractivity contribution < 1.29 is 19.4 Å². The summed E-state index contributed by atoms with van der Waals surface area (Å²) in [6, 6.07) is 36.0. The molecule has 4 aliphatic carbocycles. The van der Waals surface area contributed by atoms with E-state index < -0.39 is 5.97 Å². The first kappa shape index (κ1) is 24.8. The molecular formula is C36H32O4. The van der Waals surface area contributed by atoms with Crippen molar-refractivity contribution in [2.45, 2.75) is 54.8 Å². The van der Waals surface area contributed by atoms with E-state index in [0.29, 0.717) is 22.8 Å². The van der Waals surface area contributed by atoms with Crippen LogP contribution in [0.25, 0.3) is 0 Å². The van der Waals surface area contributed by atoms with Gasteiger partial charge in [0.05, 0.1) is 11.1 Å². The second-order valence-corrected chi connectivity index (χ2v) is 12.4. The normalized spacial score (nSPS) is 28.2. The Labute approximate surface area is 234 Å². The summed E-state index contributed by atoms with van der Waals surface area (Å²) in [5.74, 6) is -0.115. The van der Waals surface area contributed by atoms with Crippen molar-refractivity contribution in [3.05, 3.63) is 137 Å². The molecule has 4 aliphatic rings. The number of ether oxygens (including phenoxy) is 1. The molecule has 0 saturated heterocycles. The molecule has 0 heterocycles. The first-order chi connectivity index (χ1) is 19.4. The molecule has 0 aliphatic heterocycles. The van der Waals surface area contributed by atoms with Gasteiger partial charge in [0.15, 0.2) is 0 Å². The Kier molecular flexibility index (Phi) is 5.71. The summed E-state index contributed by atoms with van der Waals surface area (Å²) in [6.07, 6.45) is 6.67. The van der Waals surface area contributed by atoms with E-state index in [2.05, 4.69) is 54.6 Å². The first-order valence-electron chi connectivity index (χ1n) is 14.2. The van der Waals surface area contributed by atoms with E-state index in [1.165, 1.54) is 23.1 Å². The van der Waals surface area contributed by atoms with Gasteiger partial charge in [-0.3, -0.25) is 0 Å². The second-order valence-electron chi connectivity index (χ2n) is 12.4. The lowest BCUT2D eigenvalue weighted by atomic mass is 9.36. The maximum absolute atomic E-state index is 12.9. The number of rotatable bonds is 6. The van der Waals surface area contributed by atoms with Gasteiger partial charge in [-0.2, -0.15) is 0 Å². The van der Waals surface area contributed by atoms with Crippen molar-refractivity contribution in [3.63, 3.8) is 0 Å². The number of para-hydroxylation sites is 1. The molecule has 4 saturated carbocycles. The van der Waals surface area contributed by atoms with Gasteiger partial charge in [-0.15, -0.1) is 0 Å². The highest BCUT2D eigenvalue weighted by atomic mass is 16.5. The topological polar surface area (TPSA) is 63.6 Å². The maximum Gasteiger partial charge on any atom is 0.343 e. The van der Waals surface area contributed by atoms with Gasteiger partial charge in [-0.1, -0.05) is 72.8 Å². The summed E-state index contributed by atoms with van der Waals surface area (Å²) >= 11 is 0. The number of esters is 1. The van der Waals surface area contributed by atoms with Crippen LogP contribution < -0.4 is 4.74 Å². The first-order valence-corrected chi connectivity index (χ1v) is 14.2. The van der Waals surface area contributed by atoms with Gasteiger partial charge in [-0.05, 0) is 114 Å². The van der Waals surface area contributed by atoms with Crippen LogP contribution in [-0.4, -0.2) is 17.0 Å². The standard InChI is InChI=1S/C36H32O4/c37-32(38)26-11-15-29(16-12-26)35-20-25-19-34(22-35,28-7-3-1-4-8-28)23-36(21-25,24-35)30-17-13-27(14-18-30)33(39)40-31-9-5-2-6-10-31/h1-18,25H,19-24H2,(H,37,38). The molecule has 4 nitrogen and oxygen atoms in total. The van der Waals surface area contributed by atoms with Gasteiger partial charge >= 0.3 is 11.9 Å². The molecule has 40 heavy (non-hydrogen) atoms. The molecule has 4 bridgehead atoms. The van der Waals surface area contributed by atoms with Crippen LogP contribution in [0.1, 0.15) is 75.9 Å². The molecule has 4 aromatic rings. The predicted octanol–water partition coefficient (Wildman–Crippen LogP) is 7.72. The van der Waals surface area contributed by atoms with Crippen LogP contribution in [0.4, 0.5) is 0 Å². The summed E-state index contributed by atoms with van der Waals surface area (Å²) in [5.41, 5.74) is 4.89. The van der Waals surface area contributed by atoms with E-state index in [-0.39, 0.29) is 22.2 Å². The smallest absolute Gasteiger partial charge is 0.343 e. The van der Waals surface area contributed by atoms with E-state index in [9.17, 15) is 14.7 Å². The number of carboxylic acid groups (broad SMARTS) is 1. The van der Waals surface area contributed by atoms with Gasteiger partial charge in [0.25, 0.3) is 0 Å². The number of carbonyl (C=O) groups is 2. The minimum absolute atomic E-state index is 0.0113. The Morgan fingerprint density at radius 1 is 0.575 bits per heavy atom. The highest BCUT2D eigenvalue weighted by Crippen LogP contribution is 2.70. The van der Waals surface area contributed by atoms with Crippen molar-refractivity contribution in [1.82, 2.24) is 0 Å². The van der Waals surface area contributed by atoms with Gasteiger partial charge in [-0.25, -0.2) is 9.59 Å². The fourth-order valence-electron chi connectivity index (χ4n) is 8.78. The molecule has 1 N–H and O–H groups in total. The molecule has 4 fully saturated rings. The van der Waals surface area contributed by atoms with E-state index in [4.69, 9.17) is 4.74 Å². The minimum atomic E-state index is -0.889. The Bertz CT molecular complexity index is 1560. The summed E-state index contributed by atoms with van der Waals surface area (Å²) in [5, 5.41) is 9.50. The molecule has 0 spiro atoms. The van der Waals surface area contributed by atoms with Crippen molar-refractivity contribution in [3.8, 4) is 5.75 Å². The number of hydrogen-bond acceptors (Lipinski definition) is 3. The highest BCUT2D eigenvalue weighted by Gasteiger charge is 2.64. The molecule has 0 radical (unpaired) electrons. The molecule has 0 aromatic heterocycles. The molecule has 4 aromatic carbocycles. The lowest BCUT2D eigenvalue weighted by Gasteiger charge is -2.67. The zero-order valence-corrected chi connectivity index (χ0v) is 22.4. The lowest BCUT2D eigenvalue weighted by molar-refractivity contribution is -0.0493. The Hall–Kier alpha value is -4.18. The second kappa shape index (κ2) is 9.19. The van der Waals surface area contributed by atoms with Crippen molar-refractivity contribution >= 4 is 11.9 Å². The number of carboxylic acids is 1. The SMILES string of the molecule is O=C(O)c1ccc(C23CC4CC(c5ccccc5)(C2)CC(c2ccc(C(=O)Oc5ccccc5)cc2)(C4)C3)cc1. The van der Waals surface area contributed by atoms with E-state index >= 15 is 0 Å². The monoisotopic (exact) mass is 528 g/mol. The average Bonchev–Trinajstić information content (AvgIpc) is 2.98. The van der Waals surface area contributed by atoms with E-state index in [1.807, 2.05) is 30.3 Å². The number of hydrogen-bond donors (Lipinski definition) is 1. The van der Waals surface area contributed by atoms with Gasteiger partial charge in [0, 0.05) is 0 Å². The highest BCUT2D eigenvalue weighted by molar-refractivity contribution is 5.91. The summed E-state index contributed by atoms with van der Waals surface area (Å²) < 4.78 is 5.58. The molecular weight excluding hydrogens is 496 g/mol. The fraction of sp³-hybridized carbons (Fsp3) is 0.278. The molecule has 4 unspecified atom stereocenters. The Morgan fingerprint density at radius 3 is 1.48 bits per heavy atom. The van der Waals surface area contributed by atoms with Crippen LogP contribution in [0.3, 0.4) is 0 Å². The third-order valence-corrected chi connectivity index (χ3v) is 9.89. The zero-order valence-electron chi connectivity index (χ0n) is 22.4. The molecule has 200 valence electrons. The van der Waals surface area contributed by atoms with Crippen LogP contribution in [0, 0.1) is 5.92 Å². The Morgan fingerprint density at radius 2 is 1.00 bits per heavy atom. The zero-order chi connectivity index (χ0) is 27.4. The average molecular weight is 529 g/mol. The van der Waals surface area contributed by atoms with Crippen molar-refractivity contribution in [1.29, 1.82) is 0 Å². The summed E-state index contributed by atoms with van der Waals surface area (Å²) in [4.78, 5) is 24.4. The van der Waals surface area contributed by atoms with Crippen LogP contribution in [-0.2, 0) is 16.2 Å². The predicted molar refractivity (Wildman–Crippen MR) is 154 cm³/mol. The Balaban J connectivity index is 1.27. The third-order valence-electron chi connectivity index (χ3n) is 9.89. The number of aromatic carboxylic acids is 1. The lowest BCUT2D eigenvalue weighted by Crippen LogP contribution is -2.61. The van der Waals surface area contributed by atoms with E-state index in [0.717, 1.165) is 32.1 Å². The van der Waals surface area contributed by atoms with Crippen LogP contribution >= 0.6 is 0 Å². The molecule has 4 heteroatoms. The fourth-order valence-corrected chi connectivity index (χ4v) is 8.78.